The Labute approximate surface area is 147 Å². The predicted molar refractivity (Wildman–Crippen MR) is 98.2 cm³/mol. The topological polar surface area (TPSA) is 92.8 Å². The van der Waals surface area contributed by atoms with Gasteiger partial charge >= 0.3 is 0 Å². The van der Waals surface area contributed by atoms with Crippen LogP contribution in [0.1, 0.15) is 12.8 Å². The van der Waals surface area contributed by atoms with Gasteiger partial charge in [0.1, 0.15) is 18.0 Å². The van der Waals surface area contributed by atoms with Crippen LogP contribution >= 0.6 is 22.9 Å². The summed E-state index contributed by atoms with van der Waals surface area (Å²) < 4.78 is 0.987. The van der Waals surface area contributed by atoms with E-state index in [9.17, 15) is 0 Å². The highest BCUT2D eigenvalue weighted by molar-refractivity contribution is 7.22. The molecule has 3 aromatic rings. The maximum atomic E-state index is 6.30. The molecule has 1 unspecified atom stereocenters. The summed E-state index contributed by atoms with van der Waals surface area (Å²) in [6.07, 6.45) is 5.31. The van der Waals surface area contributed by atoms with E-state index in [0.717, 1.165) is 41.3 Å². The van der Waals surface area contributed by atoms with Crippen molar-refractivity contribution in [2.45, 2.75) is 18.2 Å². The summed E-state index contributed by atoms with van der Waals surface area (Å²) in [7, 11) is 0. The quantitative estimate of drug-likeness (QED) is 0.692. The predicted octanol–water partition coefficient (Wildman–Crippen LogP) is 3.01. The molecule has 9 heteroatoms. The first-order chi connectivity index (χ1) is 11.7. The number of hydrogen-bond acceptors (Lipinski definition) is 8. The number of rotatable bonds is 3. The highest BCUT2D eigenvalue weighted by Crippen LogP contribution is 2.35. The molecule has 1 saturated heterocycles. The Kier molecular flexibility index (Phi) is 4.07. The van der Waals surface area contributed by atoms with E-state index in [1.54, 1.807) is 23.6 Å². The maximum Gasteiger partial charge on any atom is 0.186 e. The maximum absolute atomic E-state index is 6.30. The Balaban J connectivity index is 1.67. The summed E-state index contributed by atoms with van der Waals surface area (Å²) in [6.45, 7) is 1.82. The molecule has 7 nitrogen and oxygen atoms in total. The van der Waals surface area contributed by atoms with Crippen molar-refractivity contribution in [3.05, 3.63) is 24.7 Å². The molecule has 3 aromatic heterocycles. The lowest BCUT2D eigenvalue weighted by molar-refractivity contribution is 0.584. The van der Waals surface area contributed by atoms with Gasteiger partial charge in [-0.25, -0.2) is 19.9 Å². The fraction of sp³-hybridized carbons (Fsp3) is 0.333. The van der Waals surface area contributed by atoms with Gasteiger partial charge in [-0.2, -0.15) is 0 Å². The van der Waals surface area contributed by atoms with Crippen LogP contribution in [0.15, 0.2) is 24.7 Å². The van der Waals surface area contributed by atoms with E-state index in [0.29, 0.717) is 17.5 Å². The van der Waals surface area contributed by atoms with Gasteiger partial charge < -0.3 is 16.0 Å². The van der Waals surface area contributed by atoms with Gasteiger partial charge in [0.25, 0.3) is 0 Å². The second-order valence-electron chi connectivity index (χ2n) is 5.64. The number of fused-ring (bicyclic) bond motifs is 1. The second kappa shape index (κ2) is 6.37. The van der Waals surface area contributed by atoms with Crippen molar-refractivity contribution in [2.24, 2.45) is 0 Å². The number of thiazole rings is 1. The highest BCUT2D eigenvalue weighted by atomic mass is 35.5. The lowest BCUT2D eigenvalue weighted by atomic mass is 10.1. The minimum atomic E-state index is 0.186. The Morgan fingerprint density at radius 1 is 1.33 bits per heavy atom. The molecule has 0 bridgehead atoms. The van der Waals surface area contributed by atoms with Crippen LogP contribution in [0.25, 0.3) is 10.2 Å². The molecule has 1 fully saturated rings. The summed E-state index contributed by atoms with van der Waals surface area (Å²) in [6, 6.07) is 3.59. The average molecular weight is 362 g/mol. The molecule has 0 aliphatic carbocycles. The number of halogens is 1. The van der Waals surface area contributed by atoms with Gasteiger partial charge in [-0.3, -0.25) is 0 Å². The van der Waals surface area contributed by atoms with Crippen LogP contribution in [0.2, 0.25) is 0 Å². The van der Waals surface area contributed by atoms with E-state index < -0.39 is 0 Å². The van der Waals surface area contributed by atoms with Gasteiger partial charge in [0, 0.05) is 25.4 Å². The minimum Gasteiger partial charge on any atom is -0.384 e. The van der Waals surface area contributed by atoms with Crippen molar-refractivity contribution < 1.29 is 0 Å². The average Bonchev–Trinajstić information content (AvgIpc) is 3.00. The van der Waals surface area contributed by atoms with Crippen LogP contribution in [-0.2, 0) is 0 Å². The lowest BCUT2D eigenvalue weighted by Crippen LogP contribution is -2.35. The molecule has 0 aromatic carbocycles. The zero-order valence-electron chi connectivity index (χ0n) is 12.8. The molecule has 3 N–H and O–H groups in total. The molecule has 1 aliphatic rings. The van der Waals surface area contributed by atoms with E-state index in [4.69, 9.17) is 22.3 Å². The summed E-state index contributed by atoms with van der Waals surface area (Å²) in [5, 5.41) is 4.36. The molecule has 1 aliphatic heterocycles. The van der Waals surface area contributed by atoms with E-state index in [2.05, 4.69) is 25.2 Å². The smallest absolute Gasteiger partial charge is 0.186 e. The van der Waals surface area contributed by atoms with Crippen molar-refractivity contribution in [3.63, 3.8) is 0 Å². The summed E-state index contributed by atoms with van der Waals surface area (Å²) >= 11 is 7.91. The number of pyridine rings is 1. The van der Waals surface area contributed by atoms with Crippen molar-refractivity contribution in [1.82, 2.24) is 19.9 Å². The molecule has 0 saturated carbocycles. The first-order valence-corrected chi connectivity index (χ1v) is 8.93. The zero-order chi connectivity index (χ0) is 16.5. The monoisotopic (exact) mass is 361 g/mol. The normalized spacial score (nSPS) is 18.0. The molecular weight excluding hydrogens is 346 g/mol. The molecule has 0 spiro atoms. The van der Waals surface area contributed by atoms with Crippen LogP contribution in [0.3, 0.4) is 0 Å². The van der Waals surface area contributed by atoms with E-state index in [1.165, 1.54) is 6.33 Å². The zero-order valence-corrected chi connectivity index (χ0v) is 14.4. The first kappa shape index (κ1) is 15.3. The van der Waals surface area contributed by atoms with E-state index >= 15 is 0 Å². The molecule has 4 rings (SSSR count). The van der Waals surface area contributed by atoms with E-state index in [-0.39, 0.29) is 5.38 Å². The molecule has 0 amide bonds. The standard InChI is InChI=1S/C15H16ClN7S/c16-9-2-1-5-23(7-9)15-21-10-3-4-18-14(13(10)24-15)22-12-6-11(17)19-8-20-12/h3-4,6,8-9H,1-2,5,7H2,(H3,17,18,19,20,22). The van der Waals surface area contributed by atoms with Crippen LogP contribution in [-0.4, -0.2) is 38.4 Å². The Morgan fingerprint density at radius 3 is 3.08 bits per heavy atom. The molecule has 0 radical (unpaired) electrons. The Hall–Kier alpha value is -2.19. The number of nitrogens with two attached hydrogens (primary N) is 1. The first-order valence-electron chi connectivity index (χ1n) is 7.68. The molecule has 4 heterocycles. The van der Waals surface area contributed by atoms with Crippen molar-refractivity contribution in [1.29, 1.82) is 0 Å². The van der Waals surface area contributed by atoms with Crippen molar-refractivity contribution in [2.75, 3.05) is 29.0 Å². The van der Waals surface area contributed by atoms with Crippen molar-refractivity contribution in [3.8, 4) is 0 Å². The second-order valence-corrected chi connectivity index (χ2v) is 7.24. The number of hydrogen-bond donors (Lipinski definition) is 2. The molecule has 24 heavy (non-hydrogen) atoms. The van der Waals surface area contributed by atoms with Crippen LogP contribution < -0.4 is 16.0 Å². The number of piperidine rings is 1. The summed E-state index contributed by atoms with van der Waals surface area (Å²) in [5.74, 6) is 1.73. The van der Waals surface area contributed by atoms with Crippen LogP contribution in [0.4, 0.5) is 22.6 Å². The number of alkyl halides is 1. The highest BCUT2D eigenvalue weighted by Gasteiger charge is 2.21. The number of anilines is 4. The summed E-state index contributed by atoms with van der Waals surface area (Å²) in [4.78, 5) is 19.5. The van der Waals surface area contributed by atoms with Crippen LogP contribution in [0, 0.1) is 0 Å². The largest absolute Gasteiger partial charge is 0.384 e. The molecule has 124 valence electrons. The van der Waals surface area contributed by atoms with Gasteiger partial charge in [-0.1, -0.05) is 11.3 Å². The van der Waals surface area contributed by atoms with E-state index in [1.807, 2.05) is 6.07 Å². The number of nitrogens with one attached hydrogen (secondary N) is 1. The van der Waals surface area contributed by atoms with Crippen molar-refractivity contribution >= 4 is 55.7 Å². The Morgan fingerprint density at radius 2 is 2.25 bits per heavy atom. The third-order valence-corrected chi connectivity index (χ3v) is 5.36. The lowest BCUT2D eigenvalue weighted by Gasteiger charge is -2.29. The number of aromatic nitrogens is 4. The SMILES string of the molecule is Nc1cc(Nc2nccc3nc(N4CCCC(Cl)C4)sc23)ncn1. The van der Waals surface area contributed by atoms with Gasteiger partial charge in [0.2, 0.25) is 0 Å². The Bertz CT molecular complexity index is 868. The molecule has 1 atom stereocenters. The van der Waals surface area contributed by atoms with Gasteiger partial charge in [0.05, 0.1) is 15.6 Å². The van der Waals surface area contributed by atoms with Gasteiger partial charge in [0.15, 0.2) is 10.9 Å². The number of nitrogens with zero attached hydrogens (tertiary/aromatic N) is 5. The fourth-order valence-corrected chi connectivity index (χ4v) is 4.09. The fourth-order valence-electron chi connectivity index (χ4n) is 2.73. The van der Waals surface area contributed by atoms with Gasteiger partial charge in [-0.05, 0) is 18.9 Å². The van der Waals surface area contributed by atoms with Gasteiger partial charge in [-0.15, -0.1) is 11.6 Å². The van der Waals surface area contributed by atoms with Crippen LogP contribution in [0.5, 0.6) is 0 Å². The summed E-state index contributed by atoms with van der Waals surface area (Å²) in [5.41, 5.74) is 6.61. The third kappa shape index (κ3) is 3.07. The number of nitrogen functional groups attached to an aromatic ring is 1. The minimum absolute atomic E-state index is 0.186. The third-order valence-electron chi connectivity index (χ3n) is 3.86. The molecular formula is C15H16ClN7S.